The van der Waals surface area contributed by atoms with E-state index in [-0.39, 0.29) is 5.82 Å². The van der Waals surface area contributed by atoms with Gasteiger partial charge in [-0.3, -0.25) is 0 Å². The van der Waals surface area contributed by atoms with Crippen LogP contribution in [0.2, 0.25) is 0 Å². The maximum absolute atomic E-state index is 12.8. The molecular formula is C11H14BrF. The topological polar surface area (TPSA) is 0 Å². The van der Waals surface area contributed by atoms with Gasteiger partial charge >= 0.3 is 0 Å². The molecule has 1 aromatic carbocycles. The number of aryl methyl sites for hydroxylation is 1. The van der Waals surface area contributed by atoms with Gasteiger partial charge < -0.3 is 0 Å². The minimum atomic E-state index is -0.135. The number of hydrogen-bond acceptors (Lipinski definition) is 0. The average molecular weight is 245 g/mol. The quantitative estimate of drug-likeness (QED) is 0.708. The maximum Gasteiger partial charge on any atom is 0.123 e. The van der Waals surface area contributed by atoms with Crippen LogP contribution in [0, 0.1) is 11.7 Å². The predicted octanol–water partition coefficient (Wildman–Crippen LogP) is 3.79. The highest BCUT2D eigenvalue weighted by Crippen LogP contribution is 2.12. The molecule has 0 amide bonds. The molecule has 0 aliphatic carbocycles. The predicted molar refractivity (Wildman–Crippen MR) is 57.7 cm³/mol. The fraction of sp³-hybridized carbons (Fsp3) is 0.455. The summed E-state index contributed by atoms with van der Waals surface area (Å²) >= 11 is 3.43. The molecule has 0 aliphatic heterocycles. The van der Waals surface area contributed by atoms with Gasteiger partial charge in [-0.25, -0.2) is 4.39 Å². The highest BCUT2D eigenvalue weighted by molar-refractivity contribution is 9.09. The first kappa shape index (κ1) is 10.7. The summed E-state index contributed by atoms with van der Waals surface area (Å²) in [6, 6.07) is 6.84. The molecule has 1 rings (SSSR count). The summed E-state index contributed by atoms with van der Waals surface area (Å²) in [4.78, 5) is 0. The van der Waals surface area contributed by atoms with Gasteiger partial charge in [-0.15, -0.1) is 0 Å². The van der Waals surface area contributed by atoms with Crippen LogP contribution >= 0.6 is 15.9 Å². The Morgan fingerprint density at radius 3 is 2.85 bits per heavy atom. The standard InChI is InChI=1S/C11H14BrF/c1-9(8-12)5-6-10-3-2-4-11(13)7-10/h2-4,7,9H,5-6,8H2,1H3. The van der Waals surface area contributed by atoms with E-state index < -0.39 is 0 Å². The maximum atomic E-state index is 12.8. The van der Waals surface area contributed by atoms with Crippen molar-refractivity contribution in [3.63, 3.8) is 0 Å². The molecule has 0 aliphatic rings. The zero-order valence-corrected chi connectivity index (χ0v) is 9.35. The SMILES string of the molecule is CC(CBr)CCc1cccc(F)c1. The first-order valence-corrected chi connectivity index (χ1v) is 5.65. The molecule has 0 fully saturated rings. The van der Waals surface area contributed by atoms with Gasteiger partial charge in [0.25, 0.3) is 0 Å². The summed E-state index contributed by atoms with van der Waals surface area (Å²) in [6.45, 7) is 2.19. The molecule has 2 heteroatoms. The van der Waals surface area contributed by atoms with Crippen LogP contribution in [0.25, 0.3) is 0 Å². The minimum absolute atomic E-state index is 0.135. The second kappa shape index (κ2) is 5.38. The number of benzene rings is 1. The van der Waals surface area contributed by atoms with Gasteiger partial charge in [0.15, 0.2) is 0 Å². The minimum Gasteiger partial charge on any atom is -0.207 e. The normalized spacial score (nSPS) is 12.8. The molecule has 0 N–H and O–H groups in total. The monoisotopic (exact) mass is 244 g/mol. The molecule has 0 radical (unpaired) electrons. The first-order valence-electron chi connectivity index (χ1n) is 4.53. The van der Waals surface area contributed by atoms with Gasteiger partial charge in [-0.05, 0) is 36.5 Å². The van der Waals surface area contributed by atoms with Crippen molar-refractivity contribution in [1.82, 2.24) is 0 Å². The zero-order valence-electron chi connectivity index (χ0n) is 7.76. The summed E-state index contributed by atoms with van der Waals surface area (Å²) in [6.07, 6.45) is 2.07. The average Bonchev–Trinajstić information content (AvgIpc) is 2.14. The molecule has 0 saturated carbocycles. The number of halogens is 2. The molecule has 0 aromatic heterocycles. The van der Waals surface area contributed by atoms with Crippen LogP contribution in [0.1, 0.15) is 18.9 Å². The van der Waals surface area contributed by atoms with Crippen LogP contribution in [0.3, 0.4) is 0 Å². The van der Waals surface area contributed by atoms with Crippen molar-refractivity contribution in [2.45, 2.75) is 19.8 Å². The molecule has 1 atom stereocenters. The van der Waals surface area contributed by atoms with Crippen molar-refractivity contribution < 1.29 is 4.39 Å². The van der Waals surface area contributed by atoms with Crippen LogP contribution in [-0.2, 0) is 6.42 Å². The van der Waals surface area contributed by atoms with E-state index in [0.29, 0.717) is 5.92 Å². The highest BCUT2D eigenvalue weighted by atomic mass is 79.9. The summed E-state index contributed by atoms with van der Waals surface area (Å²) in [7, 11) is 0. The van der Waals surface area contributed by atoms with Crippen LogP contribution in [-0.4, -0.2) is 5.33 Å². The second-order valence-electron chi connectivity index (χ2n) is 3.43. The Morgan fingerprint density at radius 2 is 2.23 bits per heavy atom. The molecule has 0 nitrogen and oxygen atoms in total. The third-order valence-electron chi connectivity index (χ3n) is 2.08. The van der Waals surface area contributed by atoms with E-state index in [9.17, 15) is 4.39 Å². The van der Waals surface area contributed by atoms with Crippen LogP contribution in [0.4, 0.5) is 4.39 Å². The van der Waals surface area contributed by atoms with Gasteiger partial charge in [0, 0.05) is 5.33 Å². The largest absolute Gasteiger partial charge is 0.207 e. The lowest BCUT2D eigenvalue weighted by atomic mass is 10.0. The zero-order chi connectivity index (χ0) is 9.68. The van der Waals surface area contributed by atoms with E-state index in [4.69, 9.17) is 0 Å². The van der Waals surface area contributed by atoms with Crippen molar-refractivity contribution in [2.75, 3.05) is 5.33 Å². The van der Waals surface area contributed by atoms with Gasteiger partial charge in [0.05, 0.1) is 0 Å². The second-order valence-corrected chi connectivity index (χ2v) is 4.08. The molecule has 0 heterocycles. The smallest absolute Gasteiger partial charge is 0.123 e. The van der Waals surface area contributed by atoms with E-state index in [2.05, 4.69) is 22.9 Å². The fourth-order valence-corrected chi connectivity index (χ4v) is 1.51. The van der Waals surface area contributed by atoms with Crippen molar-refractivity contribution in [1.29, 1.82) is 0 Å². The van der Waals surface area contributed by atoms with Crippen molar-refractivity contribution in [3.05, 3.63) is 35.6 Å². The third-order valence-corrected chi connectivity index (χ3v) is 3.18. The third kappa shape index (κ3) is 3.90. The Bertz CT molecular complexity index is 260. The highest BCUT2D eigenvalue weighted by Gasteiger charge is 2.01. The summed E-state index contributed by atoms with van der Waals surface area (Å²) in [5.74, 6) is 0.521. The van der Waals surface area contributed by atoms with Crippen molar-refractivity contribution in [2.24, 2.45) is 5.92 Å². The Labute approximate surface area is 87.3 Å². The fourth-order valence-electron chi connectivity index (χ4n) is 1.18. The molecule has 72 valence electrons. The molecular weight excluding hydrogens is 231 g/mol. The van der Waals surface area contributed by atoms with Crippen LogP contribution in [0.15, 0.2) is 24.3 Å². The molecule has 1 aromatic rings. The van der Waals surface area contributed by atoms with E-state index in [1.165, 1.54) is 6.07 Å². The van der Waals surface area contributed by atoms with E-state index in [1.54, 1.807) is 12.1 Å². The number of hydrogen-bond donors (Lipinski definition) is 0. The van der Waals surface area contributed by atoms with E-state index in [1.807, 2.05) is 6.07 Å². The van der Waals surface area contributed by atoms with Crippen molar-refractivity contribution in [3.8, 4) is 0 Å². The van der Waals surface area contributed by atoms with Crippen LogP contribution < -0.4 is 0 Å². The molecule has 0 bridgehead atoms. The van der Waals surface area contributed by atoms with Crippen molar-refractivity contribution >= 4 is 15.9 Å². The summed E-state index contributed by atoms with van der Waals surface area (Å²) in [5.41, 5.74) is 1.09. The van der Waals surface area contributed by atoms with Gasteiger partial charge in [-0.2, -0.15) is 0 Å². The summed E-state index contributed by atoms with van der Waals surface area (Å²) in [5, 5.41) is 1.02. The van der Waals surface area contributed by atoms with Gasteiger partial charge in [-0.1, -0.05) is 35.0 Å². The number of rotatable bonds is 4. The Balaban J connectivity index is 2.45. The van der Waals surface area contributed by atoms with Crippen LogP contribution in [0.5, 0.6) is 0 Å². The first-order chi connectivity index (χ1) is 6.22. The Morgan fingerprint density at radius 1 is 1.46 bits per heavy atom. The van der Waals surface area contributed by atoms with E-state index in [0.717, 1.165) is 23.7 Å². The van der Waals surface area contributed by atoms with Gasteiger partial charge in [0.2, 0.25) is 0 Å². The Kier molecular flexibility index (Phi) is 4.43. The van der Waals surface area contributed by atoms with E-state index >= 15 is 0 Å². The lowest BCUT2D eigenvalue weighted by Gasteiger charge is -2.06. The van der Waals surface area contributed by atoms with Gasteiger partial charge in [0.1, 0.15) is 5.82 Å². The molecule has 0 saturated heterocycles. The molecule has 1 unspecified atom stereocenters. The Hall–Kier alpha value is -0.370. The lowest BCUT2D eigenvalue weighted by molar-refractivity contribution is 0.592. The lowest BCUT2D eigenvalue weighted by Crippen LogP contribution is -1.98. The molecule has 13 heavy (non-hydrogen) atoms. The molecule has 0 spiro atoms. The number of alkyl halides is 1. The summed E-state index contributed by atoms with van der Waals surface area (Å²) < 4.78 is 12.8.